The molecule has 0 fully saturated rings. The molecule has 4 N–H and O–H groups in total. The van der Waals surface area contributed by atoms with Crippen molar-refractivity contribution >= 4 is 11.8 Å². The highest BCUT2D eigenvalue weighted by Gasteiger charge is 2.19. The van der Waals surface area contributed by atoms with Crippen LogP contribution in [0.1, 0.15) is 88.8 Å². The number of carbonyl (C=O) groups is 2. The van der Waals surface area contributed by atoms with Crippen molar-refractivity contribution in [1.29, 1.82) is 0 Å². The number of nitrogens with one attached hydrogen (secondary N) is 1. The van der Waals surface area contributed by atoms with Gasteiger partial charge in [-0.2, -0.15) is 0 Å². The van der Waals surface area contributed by atoms with Crippen molar-refractivity contribution in [3.8, 4) is 5.75 Å². The molecule has 2 aromatic carbocycles. The third-order valence-corrected chi connectivity index (χ3v) is 7.49. The largest absolute Gasteiger partial charge is 0.493 e. The van der Waals surface area contributed by atoms with Crippen molar-refractivity contribution in [2.45, 2.75) is 97.6 Å². The zero-order chi connectivity index (χ0) is 30.7. The highest BCUT2D eigenvalue weighted by atomic mass is 19.1. The van der Waals surface area contributed by atoms with Crippen molar-refractivity contribution < 1.29 is 23.8 Å². The van der Waals surface area contributed by atoms with Gasteiger partial charge in [-0.05, 0) is 80.2 Å². The van der Waals surface area contributed by atoms with Crippen molar-refractivity contribution in [2.75, 3.05) is 26.2 Å². The van der Waals surface area contributed by atoms with Crippen LogP contribution in [0.3, 0.4) is 0 Å². The number of halogens is 1. The van der Waals surface area contributed by atoms with E-state index in [1.807, 2.05) is 24.8 Å². The number of ether oxygens (including phenoxy) is 1. The lowest BCUT2D eigenvalue weighted by molar-refractivity contribution is -0.132. The zero-order valence-corrected chi connectivity index (χ0v) is 25.9. The average molecular weight is 586 g/mol. The van der Waals surface area contributed by atoms with Crippen LogP contribution in [0.2, 0.25) is 0 Å². The fourth-order valence-electron chi connectivity index (χ4n) is 5.09. The number of primary amides is 1. The number of benzene rings is 2. The summed E-state index contributed by atoms with van der Waals surface area (Å²) in [4.78, 5) is 26.2. The molecular weight excluding hydrogens is 533 g/mol. The minimum atomic E-state index is -0.533. The molecule has 0 spiro atoms. The summed E-state index contributed by atoms with van der Waals surface area (Å²) in [6.07, 6.45) is 6.28. The van der Waals surface area contributed by atoms with Gasteiger partial charge >= 0.3 is 0 Å². The molecule has 0 aliphatic rings. The Bertz CT molecular complexity index is 1080. The molecule has 8 heteroatoms. The molecule has 2 rings (SSSR count). The lowest BCUT2D eigenvalue weighted by Gasteiger charge is -2.23. The molecule has 0 saturated carbocycles. The van der Waals surface area contributed by atoms with Crippen LogP contribution < -0.4 is 15.8 Å². The molecule has 1 unspecified atom stereocenters. The first-order chi connectivity index (χ1) is 20.2. The van der Waals surface area contributed by atoms with Gasteiger partial charge < -0.3 is 25.8 Å². The molecule has 0 radical (unpaired) electrons. The number of hydrogen-bond acceptors (Lipinski definition) is 5. The number of carbonyl (C=O) groups excluding carboxylic acids is 2. The van der Waals surface area contributed by atoms with Crippen LogP contribution in [0.4, 0.5) is 4.39 Å². The van der Waals surface area contributed by atoms with Gasteiger partial charge in [0.15, 0.2) is 0 Å². The predicted molar refractivity (Wildman–Crippen MR) is 167 cm³/mol. The standard InChI is InChI=1S/C34H52FN3O4/c1-4-10-29(34(36)41)14-16-33(40)38(17-5-2)18-7-8-19-42-32-22-27(21-30(35)23-32)13-15-31(39)25-37-24-28-12-9-11-26(6-3)20-28/h9,11-12,20-23,29,31,37,39H,4-8,10,13-19,24-25H2,1-3H3,(H2,36,41)/t29?,31-/m0/s1. The Morgan fingerprint density at radius 3 is 2.48 bits per heavy atom. The second-order valence-electron chi connectivity index (χ2n) is 11.2. The smallest absolute Gasteiger partial charge is 0.222 e. The van der Waals surface area contributed by atoms with Gasteiger partial charge in [-0.1, -0.05) is 51.5 Å². The van der Waals surface area contributed by atoms with Gasteiger partial charge in [0.25, 0.3) is 0 Å². The molecule has 2 atom stereocenters. The van der Waals surface area contributed by atoms with E-state index in [0.717, 1.165) is 37.7 Å². The Morgan fingerprint density at radius 2 is 1.76 bits per heavy atom. The molecule has 0 heterocycles. The fourth-order valence-corrected chi connectivity index (χ4v) is 5.09. The van der Waals surface area contributed by atoms with Gasteiger partial charge in [0.05, 0.1) is 12.7 Å². The molecule has 0 saturated heterocycles. The average Bonchev–Trinajstić information content (AvgIpc) is 2.97. The molecule has 7 nitrogen and oxygen atoms in total. The van der Waals surface area contributed by atoms with Gasteiger partial charge in [-0.3, -0.25) is 9.59 Å². The summed E-state index contributed by atoms with van der Waals surface area (Å²) in [5, 5.41) is 13.7. The summed E-state index contributed by atoms with van der Waals surface area (Å²) in [5.41, 5.74) is 8.76. The summed E-state index contributed by atoms with van der Waals surface area (Å²) >= 11 is 0. The van der Waals surface area contributed by atoms with E-state index in [2.05, 4.69) is 36.5 Å². The van der Waals surface area contributed by atoms with Crippen LogP contribution in [0, 0.1) is 11.7 Å². The Hall–Kier alpha value is -2.97. The Morgan fingerprint density at radius 1 is 0.976 bits per heavy atom. The van der Waals surface area contributed by atoms with Gasteiger partial charge in [-0.15, -0.1) is 0 Å². The van der Waals surface area contributed by atoms with Crippen molar-refractivity contribution in [3.63, 3.8) is 0 Å². The van der Waals surface area contributed by atoms with Crippen LogP contribution in [-0.4, -0.2) is 54.2 Å². The van der Waals surface area contributed by atoms with Gasteiger partial charge in [-0.25, -0.2) is 4.39 Å². The highest BCUT2D eigenvalue weighted by molar-refractivity contribution is 5.79. The molecule has 42 heavy (non-hydrogen) atoms. The summed E-state index contributed by atoms with van der Waals surface area (Å²) in [7, 11) is 0. The number of nitrogens with two attached hydrogens (primary N) is 1. The van der Waals surface area contributed by atoms with Crippen LogP contribution >= 0.6 is 0 Å². The quantitative estimate of drug-likeness (QED) is 0.157. The van der Waals surface area contributed by atoms with E-state index in [-0.39, 0.29) is 23.5 Å². The first-order valence-electron chi connectivity index (χ1n) is 15.7. The number of rotatable bonds is 22. The fraction of sp³-hybridized carbons (Fsp3) is 0.588. The molecule has 2 amide bonds. The number of aliphatic hydroxyl groups is 1. The Balaban J connectivity index is 1.72. The lowest BCUT2D eigenvalue weighted by Crippen LogP contribution is -2.34. The van der Waals surface area contributed by atoms with Crippen LogP contribution in [0.25, 0.3) is 0 Å². The maximum atomic E-state index is 14.3. The molecule has 0 bridgehead atoms. The number of hydrogen-bond donors (Lipinski definition) is 3. The van der Waals surface area contributed by atoms with E-state index < -0.39 is 6.10 Å². The van der Waals surface area contributed by atoms with E-state index in [9.17, 15) is 19.1 Å². The van der Waals surface area contributed by atoms with Crippen molar-refractivity contribution in [2.24, 2.45) is 11.7 Å². The van der Waals surface area contributed by atoms with Gasteiger partial charge in [0.1, 0.15) is 11.6 Å². The summed E-state index contributed by atoms with van der Waals surface area (Å²) < 4.78 is 20.1. The van der Waals surface area contributed by atoms with Gasteiger partial charge in [0.2, 0.25) is 11.8 Å². The molecule has 234 valence electrons. The number of nitrogens with zero attached hydrogens (tertiary/aromatic N) is 1. The number of amides is 2. The van der Waals surface area contributed by atoms with E-state index in [4.69, 9.17) is 10.5 Å². The monoisotopic (exact) mass is 585 g/mol. The molecule has 0 aliphatic heterocycles. The highest BCUT2D eigenvalue weighted by Crippen LogP contribution is 2.19. The van der Waals surface area contributed by atoms with E-state index in [1.165, 1.54) is 23.3 Å². The van der Waals surface area contributed by atoms with Gasteiger partial charge in [0, 0.05) is 44.6 Å². The number of aryl methyl sites for hydroxylation is 2. The molecule has 2 aromatic rings. The second kappa shape index (κ2) is 20.0. The Kier molecular flexibility index (Phi) is 16.8. The zero-order valence-electron chi connectivity index (χ0n) is 25.9. The predicted octanol–water partition coefficient (Wildman–Crippen LogP) is 5.55. The number of unbranched alkanes of at least 4 members (excludes halogenated alkanes) is 1. The first kappa shape index (κ1) is 35.2. The summed E-state index contributed by atoms with van der Waals surface area (Å²) in [6, 6.07) is 13.1. The maximum Gasteiger partial charge on any atom is 0.222 e. The number of aliphatic hydroxyl groups excluding tert-OH is 1. The maximum absolute atomic E-state index is 14.3. The van der Waals surface area contributed by atoms with Crippen molar-refractivity contribution in [1.82, 2.24) is 10.2 Å². The van der Waals surface area contributed by atoms with Crippen LogP contribution in [-0.2, 0) is 29.0 Å². The van der Waals surface area contributed by atoms with E-state index in [0.29, 0.717) is 70.6 Å². The molecular formula is C34H52FN3O4. The summed E-state index contributed by atoms with van der Waals surface area (Å²) in [5.74, 6) is -0.410. The summed E-state index contributed by atoms with van der Waals surface area (Å²) in [6.45, 7) is 9.06. The topological polar surface area (TPSA) is 105 Å². The van der Waals surface area contributed by atoms with Crippen LogP contribution in [0.5, 0.6) is 5.75 Å². The van der Waals surface area contributed by atoms with E-state index >= 15 is 0 Å². The Labute approximate surface area is 252 Å². The third-order valence-electron chi connectivity index (χ3n) is 7.49. The lowest BCUT2D eigenvalue weighted by atomic mass is 9.97. The minimum Gasteiger partial charge on any atom is -0.493 e. The molecule has 0 aromatic heterocycles. The van der Waals surface area contributed by atoms with E-state index in [1.54, 1.807) is 0 Å². The van der Waals surface area contributed by atoms with Crippen LogP contribution in [0.15, 0.2) is 42.5 Å². The second-order valence-corrected chi connectivity index (χ2v) is 11.2. The third kappa shape index (κ3) is 13.8. The minimum absolute atomic E-state index is 0.0537. The van der Waals surface area contributed by atoms with Crippen molar-refractivity contribution in [3.05, 3.63) is 65.0 Å². The first-order valence-corrected chi connectivity index (χ1v) is 15.7. The normalized spacial score (nSPS) is 12.6. The molecule has 0 aliphatic carbocycles. The SMILES string of the molecule is CCCC(CCC(=O)N(CCC)CCCCOc1cc(F)cc(CC[C@H](O)CNCc2cccc(CC)c2)c1)C(N)=O.